The Morgan fingerprint density at radius 3 is 2.41 bits per heavy atom. The molecule has 5 nitrogen and oxygen atoms in total. The molecule has 0 aliphatic carbocycles. The number of H-pyrrole nitrogens is 1. The summed E-state index contributed by atoms with van der Waals surface area (Å²) < 4.78 is 0. The summed E-state index contributed by atoms with van der Waals surface area (Å²) in [6.07, 6.45) is 5.34. The van der Waals surface area contributed by atoms with Crippen molar-refractivity contribution in [3.8, 4) is 33.5 Å². The second-order valence-electron chi connectivity index (χ2n) is 6.29. The minimum Gasteiger partial charge on any atom is -0.366 e. The van der Waals surface area contributed by atoms with E-state index in [2.05, 4.69) is 15.2 Å². The van der Waals surface area contributed by atoms with E-state index in [0.29, 0.717) is 5.56 Å². The van der Waals surface area contributed by atoms with Gasteiger partial charge in [0.05, 0.1) is 0 Å². The van der Waals surface area contributed by atoms with Crippen LogP contribution < -0.4 is 5.73 Å². The molecule has 1 amide bonds. The molecule has 0 spiro atoms. The summed E-state index contributed by atoms with van der Waals surface area (Å²) in [5.74, 6) is -0.462. The van der Waals surface area contributed by atoms with Crippen molar-refractivity contribution in [1.82, 2.24) is 15.2 Å². The Kier molecular flexibility index (Phi) is 4.26. The number of carbonyl (C=O) groups excluding carboxylic acids is 1. The van der Waals surface area contributed by atoms with Crippen LogP contribution in [0.15, 0.2) is 73.2 Å². The van der Waals surface area contributed by atoms with E-state index in [0.717, 1.165) is 39.1 Å². The van der Waals surface area contributed by atoms with Crippen molar-refractivity contribution in [3.05, 3.63) is 84.3 Å². The number of benzene rings is 2. The first-order valence-corrected chi connectivity index (χ1v) is 8.60. The third-order valence-corrected chi connectivity index (χ3v) is 4.63. The van der Waals surface area contributed by atoms with Gasteiger partial charge in [-0.05, 0) is 41.8 Å². The summed E-state index contributed by atoms with van der Waals surface area (Å²) in [6, 6.07) is 17.4. The second kappa shape index (κ2) is 6.88. The number of rotatable bonds is 4. The highest BCUT2D eigenvalue weighted by Crippen LogP contribution is 2.39. The molecule has 0 aliphatic rings. The average molecular weight is 354 g/mol. The fraction of sp³-hybridized carbons (Fsp3) is 0.0455. The number of hydrogen-bond donors (Lipinski definition) is 2. The van der Waals surface area contributed by atoms with Crippen molar-refractivity contribution in [2.24, 2.45) is 5.73 Å². The molecule has 0 unspecified atom stereocenters. The van der Waals surface area contributed by atoms with Gasteiger partial charge in [-0.15, -0.1) is 0 Å². The molecule has 3 N–H and O–H groups in total. The molecule has 2 aromatic carbocycles. The predicted molar refractivity (Wildman–Crippen MR) is 106 cm³/mol. The largest absolute Gasteiger partial charge is 0.366 e. The van der Waals surface area contributed by atoms with Gasteiger partial charge in [-0.25, -0.2) is 0 Å². The monoisotopic (exact) mass is 354 g/mol. The van der Waals surface area contributed by atoms with Crippen molar-refractivity contribution in [1.29, 1.82) is 0 Å². The van der Waals surface area contributed by atoms with Crippen LogP contribution in [-0.2, 0) is 0 Å². The van der Waals surface area contributed by atoms with Crippen molar-refractivity contribution in [2.45, 2.75) is 6.92 Å². The topological polar surface area (TPSA) is 84.7 Å². The summed E-state index contributed by atoms with van der Waals surface area (Å²) in [4.78, 5) is 16.2. The zero-order valence-corrected chi connectivity index (χ0v) is 14.8. The Hall–Kier alpha value is -3.73. The Morgan fingerprint density at radius 2 is 1.67 bits per heavy atom. The van der Waals surface area contributed by atoms with E-state index in [9.17, 15) is 4.79 Å². The van der Waals surface area contributed by atoms with Crippen LogP contribution in [0.5, 0.6) is 0 Å². The smallest absolute Gasteiger partial charge is 0.249 e. The molecule has 2 aromatic heterocycles. The van der Waals surface area contributed by atoms with Crippen LogP contribution in [0.3, 0.4) is 0 Å². The van der Waals surface area contributed by atoms with E-state index in [1.54, 1.807) is 18.5 Å². The van der Waals surface area contributed by atoms with Crippen LogP contribution in [-0.4, -0.2) is 21.1 Å². The predicted octanol–water partition coefficient (Wildman–Crippen LogP) is 4.21. The molecule has 4 aromatic rings. The van der Waals surface area contributed by atoms with Crippen molar-refractivity contribution in [3.63, 3.8) is 0 Å². The second-order valence-corrected chi connectivity index (χ2v) is 6.29. The van der Waals surface area contributed by atoms with Crippen molar-refractivity contribution in [2.75, 3.05) is 0 Å². The van der Waals surface area contributed by atoms with Gasteiger partial charge < -0.3 is 5.73 Å². The summed E-state index contributed by atoms with van der Waals surface area (Å²) in [6.45, 7) is 2.02. The number of primary amides is 1. The van der Waals surface area contributed by atoms with E-state index in [1.807, 2.05) is 61.7 Å². The van der Waals surface area contributed by atoms with Gasteiger partial charge in [-0.3, -0.25) is 14.9 Å². The highest BCUT2D eigenvalue weighted by atomic mass is 16.1. The standard InChI is InChI=1S/C22H18N4O/c1-14-5-2-3-6-16(14)20-17(7-4-8-18(20)22(23)27)21-19(13-25-26-21)15-9-11-24-12-10-15/h2-13H,1H3,(H2,23,27)(H,25,26). The first-order chi connectivity index (χ1) is 13.2. The number of hydrogen-bond acceptors (Lipinski definition) is 3. The lowest BCUT2D eigenvalue weighted by Crippen LogP contribution is -2.13. The van der Waals surface area contributed by atoms with E-state index >= 15 is 0 Å². The minimum absolute atomic E-state index is 0.462. The molecule has 0 radical (unpaired) electrons. The van der Waals surface area contributed by atoms with Crippen LogP contribution in [0.25, 0.3) is 33.5 Å². The van der Waals surface area contributed by atoms with Crippen LogP contribution in [0.1, 0.15) is 15.9 Å². The maximum atomic E-state index is 12.2. The van der Waals surface area contributed by atoms with E-state index in [1.165, 1.54) is 0 Å². The van der Waals surface area contributed by atoms with Crippen molar-refractivity contribution >= 4 is 5.91 Å². The average Bonchev–Trinajstić information content (AvgIpc) is 3.18. The third kappa shape index (κ3) is 3.00. The van der Waals surface area contributed by atoms with Gasteiger partial charge in [0.25, 0.3) is 0 Å². The number of aryl methyl sites for hydroxylation is 1. The van der Waals surface area contributed by atoms with Gasteiger partial charge in [-0.1, -0.05) is 36.4 Å². The molecule has 0 fully saturated rings. The number of carbonyl (C=O) groups is 1. The molecule has 0 saturated carbocycles. The molecule has 2 heterocycles. The van der Waals surface area contributed by atoms with Crippen LogP contribution in [0.4, 0.5) is 0 Å². The lowest BCUT2D eigenvalue weighted by molar-refractivity contribution is 0.100. The quantitative estimate of drug-likeness (QED) is 0.575. The van der Waals surface area contributed by atoms with Gasteiger partial charge in [0.2, 0.25) is 5.91 Å². The molecule has 5 heteroatoms. The fourth-order valence-electron chi connectivity index (χ4n) is 3.35. The molecular weight excluding hydrogens is 336 g/mol. The van der Waals surface area contributed by atoms with Gasteiger partial charge in [0, 0.05) is 40.8 Å². The molecule has 27 heavy (non-hydrogen) atoms. The number of nitrogens with two attached hydrogens (primary N) is 1. The van der Waals surface area contributed by atoms with Gasteiger partial charge in [0.15, 0.2) is 0 Å². The summed E-state index contributed by atoms with van der Waals surface area (Å²) in [7, 11) is 0. The Labute approximate surface area is 156 Å². The number of pyridine rings is 1. The molecule has 0 atom stereocenters. The highest BCUT2D eigenvalue weighted by molar-refractivity contribution is 6.05. The van der Waals surface area contributed by atoms with E-state index < -0.39 is 5.91 Å². The first kappa shape index (κ1) is 16.7. The number of aromatic amines is 1. The third-order valence-electron chi connectivity index (χ3n) is 4.63. The van der Waals surface area contributed by atoms with E-state index in [4.69, 9.17) is 5.73 Å². The molecular formula is C22H18N4O. The summed E-state index contributed by atoms with van der Waals surface area (Å²) in [5.41, 5.74) is 12.6. The Balaban J connectivity index is 2.02. The molecule has 132 valence electrons. The maximum absolute atomic E-state index is 12.2. The molecule has 4 rings (SSSR count). The van der Waals surface area contributed by atoms with E-state index in [-0.39, 0.29) is 0 Å². The summed E-state index contributed by atoms with van der Waals surface area (Å²) in [5, 5.41) is 7.43. The molecule has 0 saturated heterocycles. The highest BCUT2D eigenvalue weighted by Gasteiger charge is 2.20. The number of nitrogens with zero attached hydrogens (tertiary/aromatic N) is 2. The summed E-state index contributed by atoms with van der Waals surface area (Å²) >= 11 is 0. The van der Waals surface area contributed by atoms with Gasteiger partial charge in [0.1, 0.15) is 5.69 Å². The van der Waals surface area contributed by atoms with Gasteiger partial charge in [-0.2, -0.15) is 5.10 Å². The van der Waals surface area contributed by atoms with Gasteiger partial charge >= 0.3 is 0 Å². The minimum atomic E-state index is -0.462. The molecule has 0 bridgehead atoms. The number of amides is 1. The first-order valence-electron chi connectivity index (χ1n) is 8.60. The fourth-order valence-corrected chi connectivity index (χ4v) is 3.35. The van der Waals surface area contributed by atoms with Crippen LogP contribution in [0, 0.1) is 6.92 Å². The zero-order chi connectivity index (χ0) is 18.8. The normalized spacial score (nSPS) is 10.7. The van der Waals surface area contributed by atoms with Crippen molar-refractivity contribution < 1.29 is 4.79 Å². The SMILES string of the molecule is Cc1ccccc1-c1c(C(N)=O)cccc1-c1n[nH]cc1-c1ccncc1. The number of aromatic nitrogens is 3. The molecule has 0 aliphatic heterocycles. The van der Waals surface area contributed by atoms with Crippen LogP contribution >= 0.6 is 0 Å². The zero-order valence-electron chi connectivity index (χ0n) is 14.8. The lowest BCUT2D eigenvalue weighted by atomic mass is 9.88. The Bertz CT molecular complexity index is 1120. The lowest BCUT2D eigenvalue weighted by Gasteiger charge is -2.15. The Morgan fingerprint density at radius 1 is 0.926 bits per heavy atom. The number of nitrogens with one attached hydrogen (secondary N) is 1. The van der Waals surface area contributed by atoms with Crippen LogP contribution in [0.2, 0.25) is 0 Å². The maximum Gasteiger partial charge on any atom is 0.249 e.